The van der Waals surface area contributed by atoms with E-state index in [4.69, 9.17) is 4.74 Å². The first-order valence-electron chi connectivity index (χ1n) is 9.85. The topological polar surface area (TPSA) is 63.2 Å². The lowest BCUT2D eigenvalue weighted by Crippen LogP contribution is -2.36. The molecule has 5 nitrogen and oxygen atoms in total. The van der Waals surface area contributed by atoms with Gasteiger partial charge in [-0.25, -0.2) is 4.98 Å². The second-order valence-corrected chi connectivity index (χ2v) is 7.20. The largest absolute Gasteiger partial charge is 0.495 e. The Bertz CT molecular complexity index is 980. The number of hydrogen-bond acceptors (Lipinski definition) is 4. The summed E-state index contributed by atoms with van der Waals surface area (Å²) in [4.78, 5) is 17.5. The van der Waals surface area contributed by atoms with Crippen LogP contribution in [0, 0.1) is 0 Å². The van der Waals surface area contributed by atoms with Crippen LogP contribution < -0.4 is 15.4 Å². The molecule has 0 aliphatic heterocycles. The summed E-state index contributed by atoms with van der Waals surface area (Å²) < 4.78 is 5.42. The first kappa shape index (κ1) is 18.3. The first-order valence-corrected chi connectivity index (χ1v) is 9.85. The molecule has 2 N–H and O–H groups in total. The molecular formula is C23H25N3O2. The number of ether oxygens (including phenoxy) is 1. The van der Waals surface area contributed by atoms with Gasteiger partial charge in [0.05, 0.1) is 18.4 Å². The Morgan fingerprint density at radius 2 is 1.71 bits per heavy atom. The maximum atomic E-state index is 12.9. The van der Waals surface area contributed by atoms with Crippen LogP contribution in [0.4, 0.5) is 11.5 Å². The first-order chi connectivity index (χ1) is 13.8. The molecule has 144 valence electrons. The van der Waals surface area contributed by atoms with Crippen molar-refractivity contribution >= 4 is 28.2 Å². The van der Waals surface area contributed by atoms with Gasteiger partial charge in [-0.15, -0.1) is 0 Å². The number of nitrogens with one attached hydrogen (secondary N) is 2. The van der Waals surface area contributed by atoms with E-state index in [1.54, 1.807) is 13.3 Å². The highest BCUT2D eigenvalue weighted by atomic mass is 16.5. The normalized spacial score (nSPS) is 14.6. The molecule has 1 fully saturated rings. The van der Waals surface area contributed by atoms with Crippen molar-refractivity contribution in [3.05, 3.63) is 60.3 Å². The molecule has 1 aromatic heterocycles. The van der Waals surface area contributed by atoms with Gasteiger partial charge in [-0.3, -0.25) is 4.79 Å². The highest BCUT2D eigenvalue weighted by Gasteiger charge is 2.19. The van der Waals surface area contributed by atoms with Gasteiger partial charge in [0.2, 0.25) is 0 Å². The van der Waals surface area contributed by atoms with E-state index in [0.29, 0.717) is 11.4 Å². The average Bonchev–Trinajstić information content (AvgIpc) is 2.75. The van der Waals surface area contributed by atoms with Crippen molar-refractivity contribution < 1.29 is 9.53 Å². The van der Waals surface area contributed by atoms with Gasteiger partial charge in [0, 0.05) is 17.6 Å². The summed E-state index contributed by atoms with van der Waals surface area (Å²) in [6.45, 7) is 0. The molecule has 1 heterocycles. The number of carbonyl (C=O) groups is 1. The molecule has 0 atom stereocenters. The third kappa shape index (κ3) is 3.79. The van der Waals surface area contributed by atoms with Crippen molar-refractivity contribution in [2.75, 3.05) is 12.4 Å². The number of anilines is 2. The van der Waals surface area contributed by atoms with Crippen LogP contribution in [0.25, 0.3) is 10.8 Å². The number of pyridine rings is 1. The molecule has 4 rings (SSSR count). The summed E-state index contributed by atoms with van der Waals surface area (Å²) in [7, 11) is 1.64. The van der Waals surface area contributed by atoms with Crippen molar-refractivity contribution in [2.24, 2.45) is 0 Å². The number of rotatable bonds is 5. The zero-order valence-corrected chi connectivity index (χ0v) is 16.1. The number of para-hydroxylation sites is 2. The van der Waals surface area contributed by atoms with Gasteiger partial charge in [-0.05, 0) is 30.4 Å². The number of nitrogens with zero attached hydrogens (tertiary/aromatic N) is 1. The monoisotopic (exact) mass is 375 g/mol. The summed E-state index contributed by atoms with van der Waals surface area (Å²) >= 11 is 0. The highest BCUT2D eigenvalue weighted by Crippen LogP contribution is 2.31. The maximum absolute atomic E-state index is 12.9. The van der Waals surface area contributed by atoms with Crippen LogP contribution in [0.5, 0.6) is 5.75 Å². The molecule has 2 aromatic carbocycles. The molecule has 1 aliphatic carbocycles. The number of amides is 1. The van der Waals surface area contributed by atoms with Crippen LogP contribution in [0.3, 0.4) is 0 Å². The van der Waals surface area contributed by atoms with E-state index in [1.807, 2.05) is 48.5 Å². The predicted molar refractivity (Wildman–Crippen MR) is 112 cm³/mol. The Labute approximate surface area is 165 Å². The molecule has 1 saturated carbocycles. The van der Waals surface area contributed by atoms with Gasteiger partial charge in [0.1, 0.15) is 11.6 Å². The van der Waals surface area contributed by atoms with Gasteiger partial charge >= 0.3 is 0 Å². The number of benzene rings is 2. The molecule has 0 unspecified atom stereocenters. The molecule has 28 heavy (non-hydrogen) atoms. The fourth-order valence-corrected chi connectivity index (χ4v) is 3.86. The zero-order valence-electron chi connectivity index (χ0n) is 16.1. The fourth-order valence-electron chi connectivity index (χ4n) is 3.86. The average molecular weight is 375 g/mol. The van der Waals surface area contributed by atoms with E-state index in [1.165, 1.54) is 19.3 Å². The van der Waals surface area contributed by atoms with Crippen LogP contribution in [0.2, 0.25) is 0 Å². The van der Waals surface area contributed by atoms with E-state index in [9.17, 15) is 4.79 Å². The summed E-state index contributed by atoms with van der Waals surface area (Å²) in [5.74, 6) is 1.40. The van der Waals surface area contributed by atoms with Crippen LogP contribution in [0.1, 0.15) is 42.5 Å². The molecular weight excluding hydrogens is 350 g/mol. The summed E-state index contributed by atoms with van der Waals surface area (Å²) in [5.41, 5.74) is 1.45. The van der Waals surface area contributed by atoms with Gasteiger partial charge in [0.25, 0.3) is 5.91 Å². The van der Waals surface area contributed by atoms with Crippen molar-refractivity contribution in [1.82, 2.24) is 10.3 Å². The minimum Gasteiger partial charge on any atom is -0.495 e. The molecule has 1 aliphatic rings. The predicted octanol–water partition coefficient (Wildman–Crippen LogP) is 5.05. The second kappa shape index (κ2) is 8.30. The minimum atomic E-state index is -0.0422. The van der Waals surface area contributed by atoms with Crippen LogP contribution in [-0.4, -0.2) is 24.0 Å². The molecule has 1 amide bonds. The van der Waals surface area contributed by atoms with Gasteiger partial charge in [-0.1, -0.05) is 55.7 Å². The molecule has 0 saturated heterocycles. The Morgan fingerprint density at radius 1 is 1.00 bits per heavy atom. The standard InChI is InChI=1S/C23H25N3O2/c1-28-21-14-8-7-13-20(21)26-22-18-12-6-5-11-17(18)19(15-24-22)23(27)25-16-9-3-2-4-10-16/h5-8,11-16H,2-4,9-10H2,1H3,(H,24,26)(H,25,27). The maximum Gasteiger partial charge on any atom is 0.253 e. The van der Waals surface area contributed by atoms with E-state index in [2.05, 4.69) is 15.6 Å². The molecule has 3 aromatic rings. The van der Waals surface area contributed by atoms with Crippen molar-refractivity contribution in [3.63, 3.8) is 0 Å². The van der Waals surface area contributed by atoms with E-state index in [-0.39, 0.29) is 11.9 Å². The lowest BCUT2D eigenvalue weighted by Gasteiger charge is -2.23. The Hall–Kier alpha value is -3.08. The zero-order chi connectivity index (χ0) is 19.3. The van der Waals surface area contributed by atoms with Crippen molar-refractivity contribution in [2.45, 2.75) is 38.1 Å². The van der Waals surface area contributed by atoms with Gasteiger partial charge < -0.3 is 15.4 Å². The number of carbonyl (C=O) groups excluding carboxylic acids is 1. The minimum absolute atomic E-state index is 0.0422. The number of fused-ring (bicyclic) bond motifs is 1. The number of aromatic nitrogens is 1. The Morgan fingerprint density at radius 3 is 2.50 bits per heavy atom. The van der Waals surface area contributed by atoms with E-state index >= 15 is 0 Å². The number of methoxy groups -OCH3 is 1. The van der Waals surface area contributed by atoms with E-state index in [0.717, 1.165) is 35.1 Å². The molecule has 0 spiro atoms. The summed E-state index contributed by atoms with van der Waals surface area (Å²) in [5, 5.41) is 8.34. The fraction of sp³-hybridized carbons (Fsp3) is 0.304. The lowest BCUT2D eigenvalue weighted by atomic mass is 9.95. The lowest BCUT2D eigenvalue weighted by molar-refractivity contribution is 0.0929. The molecule has 0 radical (unpaired) electrons. The summed E-state index contributed by atoms with van der Waals surface area (Å²) in [6.07, 6.45) is 7.42. The third-order valence-corrected chi connectivity index (χ3v) is 5.34. The van der Waals surface area contributed by atoms with Crippen molar-refractivity contribution in [1.29, 1.82) is 0 Å². The number of hydrogen-bond donors (Lipinski definition) is 2. The van der Waals surface area contributed by atoms with Crippen LogP contribution in [0.15, 0.2) is 54.7 Å². The SMILES string of the molecule is COc1ccccc1Nc1ncc(C(=O)NC2CCCCC2)c2ccccc12. The quantitative estimate of drug-likeness (QED) is 0.655. The molecule has 5 heteroatoms. The highest BCUT2D eigenvalue weighted by molar-refractivity contribution is 6.09. The van der Waals surface area contributed by atoms with Crippen molar-refractivity contribution in [3.8, 4) is 5.75 Å². The molecule has 0 bridgehead atoms. The third-order valence-electron chi connectivity index (χ3n) is 5.34. The Balaban J connectivity index is 1.65. The smallest absolute Gasteiger partial charge is 0.253 e. The van der Waals surface area contributed by atoms with Gasteiger partial charge in [0.15, 0.2) is 0 Å². The van der Waals surface area contributed by atoms with Crippen LogP contribution in [-0.2, 0) is 0 Å². The van der Waals surface area contributed by atoms with Gasteiger partial charge in [-0.2, -0.15) is 0 Å². The summed E-state index contributed by atoms with van der Waals surface area (Å²) in [6, 6.07) is 15.8. The van der Waals surface area contributed by atoms with Crippen LogP contribution >= 0.6 is 0 Å². The Kier molecular flexibility index (Phi) is 5.42. The second-order valence-electron chi connectivity index (χ2n) is 7.20. The van der Waals surface area contributed by atoms with E-state index < -0.39 is 0 Å².